The SMILES string of the molecule is O=S(=O)(N1CCCc2c1ccc1ccccc21)C(F)(F)F. The highest BCUT2D eigenvalue weighted by molar-refractivity contribution is 7.93. The molecule has 0 saturated heterocycles. The number of rotatable bonds is 1. The van der Waals surface area contributed by atoms with E-state index in [0.717, 1.165) is 10.8 Å². The third-order valence-corrected chi connectivity index (χ3v) is 5.20. The lowest BCUT2D eigenvalue weighted by Gasteiger charge is -2.31. The standard InChI is InChI=1S/C14H12F3NO2S/c15-14(16,17)21(19,20)18-9-3-6-12-11-5-2-1-4-10(11)7-8-13(12)18/h1-2,4-5,7-8H,3,6,9H2. The largest absolute Gasteiger partial charge is 0.516 e. The number of alkyl halides is 3. The van der Waals surface area contributed by atoms with Crippen LogP contribution in [0.4, 0.5) is 18.9 Å². The number of benzene rings is 2. The summed E-state index contributed by atoms with van der Waals surface area (Å²) in [4.78, 5) is 0. The molecule has 1 heterocycles. The van der Waals surface area contributed by atoms with Crippen molar-refractivity contribution in [3.05, 3.63) is 42.0 Å². The first-order valence-corrected chi connectivity index (χ1v) is 7.86. The molecule has 2 aromatic rings. The van der Waals surface area contributed by atoms with Gasteiger partial charge in [-0.25, -0.2) is 0 Å². The molecule has 3 nitrogen and oxygen atoms in total. The van der Waals surface area contributed by atoms with E-state index in [4.69, 9.17) is 0 Å². The minimum Gasteiger partial charge on any atom is -0.262 e. The van der Waals surface area contributed by atoms with Gasteiger partial charge in [-0.05, 0) is 35.2 Å². The summed E-state index contributed by atoms with van der Waals surface area (Å²) in [5.41, 5.74) is -4.49. The highest BCUT2D eigenvalue weighted by Gasteiger charge is 2.51. The second-order valence-electron chi connectivity index (χ2n) is 4.91. The van der Waals surface area contributed by atoms with E-state index < -0.39 is 15.5 Å². The van der Waals surface area contributed by atoms with Crippen LogP contribution in [0.15, 0.2) is 36.4 Å². The molecule has 3 rings (SSSR count). The van der Waals surface area contributed by atoms with Gasteiger partial charge in [-0.2, -0.15) is 21.6 Å². The van der Waals surface area contributed by atoms with Gasteiger partial charge in [-0.1, -0.05) is 30.3 Å². The number of anilines is 1. The molecule has 7 heteroatoms. The van der Waals surface area contributed by atoms with Crippen molar-refractivity contribution in [2.24, 2.45) is 0 Å². The van der Waals surface area contributed by atoms with Crippen LogP contribution in [0.3, 0.4) is 0 Å². The minimum absolute atomic E-state index is 0.136. The highest BCUT2D eigenvalue weighted by Crippen LogP contribution is 2.38. The van der Waals surface area contributed by atoms with Crippen molar-refractivity contribution in [1.82, 2.24) is 0 Å². The third kappa shape index (κ3) is 2.16. The Labute approximate surface area is 120 Å². The zero-order chi connectivity index (χ0) is 15.3. The van der Waals surface area contributed by atoms with E-state index in [1.165, 1.54) is 6.07 Å². The second kappa shape index (κ2) is 4.62. The normalized spacial score (nSPS) is 16.0. The lowest BCUT2D eigenvalue weighted by Crippen LogP contribution is -2.43. The number of sulfonamides is 1. The molecule has 0 atom stereocenters. The molecule has 0 unspecified atom stereocenters. The van der Waals surface area contributed by atoms with Gasteiger partial charge >= 0.3 is 15.5 Å². The monoisotopic (exact) mass is 315 g/mol. The summed E-state index contributed by atoms with van der Waals surface area (Å²) in [6.07, 6.45) is 0.941. The van der Waals surface area contributed by atoms with Crippen LogP contribution in [-0.4, -0.2) is 20.5 Å². The maximum absolute atomic E-state index is 12.8. The molecule has 2 aromatic carbocycles. The van der Waals surface area contributed by atoms with Crippen LogP contribution in [0, 0.1) is 0 Å². The van der Waals surface area contributed by atoms with Crippen molar-refractivity contribution < 1.29 is 21.6 Å². The van der Waals surface area contributed by atoms with Crippen LogP contribution in [0.2, 0.25) is 0 Å². The van der Waals surface area contributed by atoms with E-state index in [2.05, 4.69) is 0 Å². The molecule has 112 valence electrons. The first-order chi connectivity index (χ1) is 9.82. The number of halogens is 3. The Kier molecular flexibility index (Phi) is 3.12. The van der Waals surface area contributed by atoms with Gasteiger partial charge in [0, 0.05) is 6.54 Å². The first kappa shape index (κ1) is 14.2. The van der Waals surface area contributed by atoms with Crippen LogP contribution in [-0.2, 0) is 16.4 Å². The van der Waals surface area contributed by atoms with Gasteiger partial charge in [0.25, 0.3) is 0 Å². The number of aryl methyl sites for hydroxylation is 1. The van der Waals surface area contributed by atoms with E-state index in [1.54, 1.807) is 18.2 Å². The van der Waals surface area contributed by atoms with Gasteiger partial charge in [0.2, 0.25) is 0 Å². The Morgan fingerprint density at radius 3 is 2.48 bits per heavy atom. The average Bonchev–Trinajstić information content (AvgIpc) is 2.45. The van der Waals surface area contributed by atoms with Crippen LogP contribution in [0.25, 0.3) is 10.8 Å². The lowest BCUT2D eigenvalue weighted by molar-refractivity contribution is -0.0438. The van der Waals surface area contributed by atoms with E-state index in [-0.39, 0.29) is 12.2 Å². The summed E-state index contributed by atoms with van der Waals surface area (Å²) >= 11 is 0. The first-order valence-electron chi connectivity index (χ1n) is 6.42. The fourth-order valence-corrected chi connectivity index (χ4v) is 3.76. The number of hydrogen-bond donors (Lipinski definition) is 0. The summed E-state index contributed by atoms with van der Waals surface area (Å²) in [5.74, 6) is 0. The van der Waals surface area contributed by atoms with E-state index in [9.17, 15) is 21.6 Å². The summed E-state index contributed by atoms with van der Waals surface area (Å²) in [7, 11) is -5.35. The molecule has 0 fully saturated rings. The number of hydrogen-bond acceptors (Lipinski definition) is 2. The number of nitrogens with zero attached hydrogens (tertiary/aromatic N) is 1. The van der Waals surface area contributed by atoms with E-state index >= 15 is 0 Å². The van der Waals surface area contributed by atoms with Crippen molar-refractivity contribution >= 4 is 26.5 Å². The van der Waals surface area contributed by atoms with Crippen LogP contribution < -0.4 is 4.31 Å². The van der Waals surface area contributed by atoms with Crippen molar-refractivity contribution in [2.45, 2.75) is 18.3 Å². The molecule has 0 bridgehead atoms. The molecule has 1 aliphatic heterocycles. The molecule has 0 saturated carbocycles. The van der Waals surface area contributed by atoms with E-state index in [0.29, 0.717) is 22.7 Å². The third-order valence-electron chi connectivity index (χ3n) is 3.66. The summed E-state index contributed by atoms with van der Waals surface area (Å²) in [6.45, 7) is -0.146. The van der Waals surface area contributed by atoms with Crippen LogP contribution in [0.5, 0.6) is 0 Å². The molecule has 0 N–H and O–H groups in total. The topological polar surface area (TPSA) is 37.4 Å². The van der Waals surface area contributed by atoms with Gasteiger partial charge in [0.1, 0.15) is 0 Å². The average molecular weight is 315 g/mol. The molecule has 0 spiro atoms. The Morgan fingerprint density at radius 1 is 1.05 bits per heavy atom. The quantitative estimate of drug-likeness (QED) is 0.808. The fraction of sp³-hybridized carbons (Fsp3) is 0.286. The molecular weight excluding hydrogens is 303 g/mol. The van der Waals surface area contributed by atoms with Crippen LogP contribution in [0.1, 0.15) is 12.0 Å². The predicted molar refractivity (Wildman–Crippen MR) is 74.6 cm³/mol. The van der Waals surface area contributed by atoms with E-state index in [1.807, 2.05) is 12.1 Å². The smallest absolute Gasteiger partial charge is 0.262 e. The van der Waals surface area contributed by atoms with Gasteiger partial charge in [0.05, 0.1) is 5.69 Å². The maximum Gasteiger partial charge on any atom is 0.516 e. The maximum atomic E-state index is 12.8. The van der Waals surface area contributed by atoms with Crippen molar-refractivity contribution in [1.29, 1.82) is 0 Å². The molecule has 0 aromatic heterocycles. The highest BCUT2D eigenvalue weighted by atomic mass is 32.2. The molecule has 1 aliphatic rings. The summed E-state index contributed by atoms with van der Waals surface area (Å²) in [5, 5.41) is 1.69. The summed E-state index contributed by atoms with van der Waals surface area (Å²) in [6, 6.07) is 10.4. The summed E-state index contributed by atoms with van der Waals surface area (Å²) < 4.78 is 62.3. The molecule has 0 amide bonds. The van der Waals surface area contributed by atoms with Crippen molar-refractivity contribution in [3.8, 4) is 0 Å². The Bertz CT molecular complexity index is 799. The zero-order valence-electron chi connectivity index (χ0n) is 10.9. The fourth-order valence-electron chi connectivity index (χ4n) is 2.72. The van der Waals surface area contributed by atoms with Gasteiger partial charge in [-0.15, -0.1) is 0 Å². The van der Waals surface area contributed by atoms with Gasteiger partial charge in [-0.3, -0.25) is 4.31 Å². The zero-order valence-corrected chi connectivity index (χ0v) is 11.7. The Balaban J connectivity index is 2.22. The Morgan fingerprint density at radius 2 is 1.76 bits per heavy atom. The Hall–Kier alpha value is -1.76. The predicted octanol–water partition coefficient (Wildman–Crippen LogP) is 3.44. The lowest BCUT2D eigenvalue weighted by atomic mass is 9.96. The molecule has 0 radical (unpaired) electrons. The van der Waals surface area contributed by atoms with Crippen molar-refractivity contribution in [3.63, 3.8) is 0 Å². The van der Waals surface area contributed by atoms with Crippen LogP contribution >= 0.6 is 0 Å². The second-order valence-corrected chi connectivity index (χ2v) is 6.76. The van der Waals surface area contributed by atoms with Gasteiger partial charge in [0.15, 0.2) is 0 Å². The molecule has 0 aliphatic carbocycles. The number of fused-ring (bicyclic) bond motifs is 3. The molecular formula is C14H12F3NO2S. The molecule has 21 heavy (non-hydrogen) atoms. The van der Waals surface area contributed by atoms with Crippen molar-refractivity contribution in [2.75, 3.05) is 10.8 Å². The van der Waals surface area contributed by atoms with Gasteiger partial charge < -0.3 is 0 Å². The minimum atomic E-state index is -5.35.